The fourth-order valence-electron chi connectivity index (χ4n) is 2.01. The third-order valence-corrected chi connectivity index (χ3v) is 3.08. The van der Waals surface area contributed by atoms with Crippen LogP contribution in [0.1, 0.15) is 11.3 Å². The number of nitrogens with one attached hydrogen (secondary N) is 1. The van der Waals surface area contributed by atoms with E-state index in [1.165, 1.54) is 11.3 Å². The third kappa shape index (κ3) is 2.42. The normalized spacial score (nSPS) is 11.1. The Labute approximate surface area is 111 Å². The molecule has 19 heavy (non-hydrogen) atoms. The van der Waals surface area contributed by atoms with Crippen LogP contribution in [0, 0.1) is 6.92 Å². The fraction of sp³-hybridized carbons (Fsp3) is 0.308. The molecule has 98 valence electrons. The first-order chi connectivity index (χ1) is 9.22. The topological polar surface area (TPSA) is 60.0 Å². The first kappa shape index (κ1) is 11.7. The second kappa shape index (κ2) is 4.72. The molecule has 0 atom stereocenters. The lowest BCUT2D eigenvalue weighted by molar-refractivity contribution is 0.710. The summed E-state index contributed by atoms with van der Waals surface area (Å²) in [7, 11) is 1.95. The van der Waals surface area contributed by atoms with Crippen LogP contribution in [0.5, 0.6) is 0 Å². The molecule has 6 nitrogen and oxygen atoms in total. The highest BCUT2D eigenvalue weighted by atomic mass is 15.3. The van der Waals surface area contributed by atoms with Crippen molar-refractivity contribution < 1.29 is 0 Å². The van der Waals surface area contributed by atoms with Gasteiger partial charge in [0.25, 0.3) is 0 Å². The summed E-state index contributed by atoms with van der Waals surface area (Å²) in [5.74, 6) is 0.660. The number of hydrogen-bond donors (Lipinski definition) is 1. The highest BCUT2D eigenvalue weighted by Crippen LogP contribution is 2.07. The number of nitrogens with zero attached hydrogens (tertiary/aromatic N) is 5. The van der Waals surface area contributed by atoms with Crippen molar-refractivity contribution in [1.29, 1.82) is 0 Å². The molecule has 0 fully saturated rings. The third-order valence-electron chi connectivity index (χ3n) is 3.08. The van der Waals surface area contributed by atoms with Crippen LogP contribution in [0.2, 0.25) is 0 Å². The molecule has 0 unspecified atom stereocenters. The standard InChI is InChI=1S/C13H16N6/c1-10-5-8-19-12(9-10)16-13(17-19)14-6-3-11-4-7-15-18(11)2/h4-5,7-9H,3,6H2,1-2H3,(H,14,17). The molecule has 0 aliphatic carbocycles. The number of pyridine rings is 1. The fourth-order valence-corrected chi connectivity index (χ4v) is 2.01. The molecule has 3 aromatic heterocycles. The monoisotopic (exact) mass is 256 g/mol. The lowest BCUT2D eigenvalue weighted by atomic mass is 10.3. The summed E-state index contributed by atoms with van der Waals surface area (Å²) in [6.07, 6.45) is 4.62. The van der Waals surface area contributed by atoms with Crippen LogP contribution in [0.3, 0.4) is 0 Å². The molecule has 0 spiro atoms. The number of fused-ring (bicyclic) bond motifs is 1. The van der Waals surface area contributed by atoms with E-state index in [1.54, 1.807) is 10.7 Å². The maximum Gasteiger partial charge on any atom is 0.243 e. The first-order valence-electron chi connectivity index (χ1n) is 6.26. The van der Waals surface area contributed by atoms with Gasteiger partial charge in [-0.1, -0.05) is 0 Å². The molecule has 3 aromatic rings. The van der Waals surface area contributed by atoms with Gasteiger partial charge in [-0.25, -0.2) is 4.52 Å². The van der Waals surface area contributed by atoms with E-state index in [1.807, 2.05) is 43.0 Å². The molecule has 0 saturated heterocycles. The Balaban J connectivity index is 1.67. The van der Waals surface area contributed by atoms with Crippen LogP contribution in [0.25, 0.3) is 5.65 Å². The highest BCUT2D eigenvalue weighted by molar-refractivity contribution is 5.45. The average Bonchev–Trinajstić information content (AvgIpc) is 2.95. The summed E-state index contributed by atoms with van der Waals surface area (Å²) in [5, 5.41) is 11.7. The van der Waals surface area contributed by atoms with Gasteiger partial charge in [0.2, 0.25) is 5.95 Å². The maximum atomic E-state index is 4.43. The van der Waals surface area contributed by atoms with Gasteiger partial charge in [0.15, 0.2) is 5.65 Å². The van der Waals surface area contributed by atoms with Crippen molar-refractivity contribution in [3.05, 3.63) is 41.9 Å². The highest BCUT2D eigenvalue weighted by Gasteiger charge is 2.03. The Morgan fingerprint density at radius 2 is 2.21 bits per heavy atom. The van der Waals surface area contributed by atoms with E-state index < -0.39 is 0 Å². The molecule has 0 saturated carbocycles. The summed E-state index contributed by atoms with van der Waals surface area (Å²) in [5.41, 5.74) is 3.23. The minimum Gasteiger partial charge on any atom is -0.353 e. The Kier molecular flexibility index (Phi) is 2.91. The summed E-state index contributed by atoms with van der Waals surface area (Å²) < 4.78 is 3.65. The number of aryl methyl sites for hydroxylation is 2. The largest absolute Gasteiger partial charge is 0.353 e. The first-order valence-corrected chi connectivity index (χ1v) is 6.26. The van der Waals surface area contributed by atoms with Crippen LogP contribution in [0.4, 0.5) is 5.95 Å². The van der Waals surface area contributed by atoms with Crippen LogP contribution in [0.15, 0.2) is 30.6 Å². The lowest BCUT2D eigenvalue weighted by Crippen LogP contribution is -2.09. The summed E-state index contributed by atoms with van der Waals surface area (Å²) in [6.45, 7) is 2.83. The minimum absolute atomic E-state index is 0.660. The number of aromatic nitrogens is 5. The zero-order chi connectivity index (χ0) is 13.2. The molecule has 6 heteroatoms. The van der Waals surface area contributed by atoms with Gasteiger partial charge in [-0.05, 0) is 30.7 Å². The van der Waals surface area contributed by atoms with E-state index in [9.17, 15) is 0 Å². The molecular weight excluding hydrogens is 240 g/mol. The molecule has 0 amide bonds. The van der Waals surface area contributed by atoms with E-state index in [0.29, 0.717) is 5.95 Å². The Hall–Kier alpha value is -2.37. The van der Waals surface area contributed by atoms with Crippen molar-refractivity contribution in [2.45, 2.75) is 13.3 Å². The Morgan fingerprint density at radius 3 is 3.00 bits per heavy atom. The minimum atomic E-state index is 0.660. The molecule has 0 radical (unpaired) electrons. The number of anilines is 1. The van der Waals surface area contributed by atoms with Gasteiger partial charge in [-0.2, -0.15) is 10.1 Å². The zero-order valence-corrected chi connectivity index (χ0v) is 11.0. The summed E-state index contributed by atoms with van der Waals surface area (Å²) in [4.78, 5) is 4.43. The molecule has 0 bridgehead atoms. The molecule has 3 rings (SSSR count). The van der Waals surface area contributed by atoms with Gasteiger partial charge < -0.3 is 5.32 Å². The second-order valence-electron chi connectivity index (χ2n) is 4.57. The van der Waals surface area contributed by atoms with E-state index in [2.05, 4.69) is 20.5 Å². The molecule has 3 heterocycles. The van der Waals surface area contributed by atoms with Gasteiger partial charge in [0.05, 0.1) is 0 Å². The van der Waals surface area contributed by atoms with Crippen LogP contribution in [-0.2, 0) is 13.5 Å². The van der Waals surface area contributed by atoms with Crippen LogP contribution >= 0.6 is 0 Å². The number of rotatable bonds is 4. The summed E-state index contributed by atoms with van der Waals surface area (Å²) >= 11 is 0. The predicted molar refractivity (Wildman–Crippen MR) is 73.1 cm³/mol. The van der Waals surface area contributed by atoms with Gasteiger partial charge in [-0.15, -0.1) is 5.10 Å². The number of hydrogen-bond acceptors (Lipinski definition) is 4. The van der Waals surface area contributed by atoms with Crippen LogP contribution < -0.4 is 5.32 Å². The van der Waals surface area contributed by atoms with E-state index in [-0.39, 0.29) is 0 Å². The lowest BCUT2D eigenvalue weighted by Gasteiger charge is -2.02. The van der Waals surface area contributed by atoms with Crippen molar-refractivity contribution >= 4 is 11.6 Å². The van der Waals surface area contributed by atoms with E-state index in [4.69, 9.17) is 0 Å². The smallest absolute Gasteiger partial charge is 0.243 e. The van der Waals surface area contributed by atoms with Crippen molar-refractivity contribution in [2.75, 3.05) is 11.9 Å². The molecule has 0 aliphatic heterocycles. The van der Waals surface area contributed by atoms with Gasteiger partial charge in [0.1, 0.15) is 0 Å². The van der Waals surface area contributed by atoms with Crippen LogP contribution in [-0.4, -0.2) is 30.9 Å². The second-order valence-corrected chi connectivity index (χ2v) is 4.57. The van der Waals surface area contributed by atoms with E-state index >= 15 is 0 Å². The van der Waals surface area contributed by atoms with Crippen molar-refractivity contribution in [2.24, 2.45) is 7.05 Å². The molecule has 1 N–H and O–H groups in total. The van der Waals surface area contributed by atoms with Crippen molar-refractivity contribution in [1.82, 2.24) is 24.4 Å². The predicted octanol–water partition coefficient (Wildman–Crippen LogP) is 1.43. The van der Waals surface area contributed by atoms with Gasteiger partial charge in [-0.3, -0.25) is 4.68 Å². The van der Waals surface area contributed by atoms with E-state index in [0.717, 1.165) is 18.6 Å². The molecular formula is C13H16N6. The van der Waals surface area contributed by atoms with Crippen molar-refractivity contribution in [3.63, 3.8) is 0 Å². The quantitative estimate of drug-likeness (QED) is 0.767. The maximum absolute atomic E-state index is 4.43. The van der Waals surface area contributed by atoms with Gasteiger partial charge in [0, 0.05) is 38.1 Å². The summed E-state index contributed by atoms with van der Waals surface area (Å²) in [6, 6.07) is 6.04. The Morgan fingerprint density at radius 1 is 1.32 bits per heavy atom. The van der Waals surface area contributed by atoms with Crippen molar-refractivity contribution in [3.8, 4) is 0 Å². The molecule has 0 aromatic carbocycles. The molecule has 0 aliphatic rings. The Bertz CT molecular complexity index is 696. The van der Waals surface area contributed by atoms with Gasteiger partial charge >= 0.3 is 0 Å². The zero-order valence-electron chi connectivity index (χ0n) is 11.0. The SMILES string of the molecule is Cc1ccn2nc(NCCc3ccnn3C)nc2c1. The average molecular weight is 256 g/mol.